The van der Waals surface area contributed by atoms with Gasteiger partial charge in [-0.25, -0.2) is 0 Å². The van der Waals surface area contributed by atoms with E-state index in [1.165, 1.54) is 11.1 Å². The third-order valence-electron chi connectivity index (χ3n) is 2.81. The van der Waals surface area contributed by atoms with Crippen molar-refractivity contribution in [2.45, 2.75) is 39.2 Å². The van der Waals surface area contributed by atoms with Gasteiger partial charge in [-0.15, -0.1) is 0 Å². The number of methoxy groups -OCH3 is 1. The number of hydrogen-bond donors (Lipinski definition) is 1. The van der Waals surface area contributed by atoms with Gasteiger partial charge in [0.1, 0.15) is 0 Å². The summed E-state index contributed by atoms with van der Waals surface area (Å²) in [4.78, 5) is 0. The van der Waals surface area contributed by atoms with E-state index in [9.17, 15) is 0 Å². The van der Waals surface area contributed by atoms with Gasteiger partial charge in [0.25, 0.3) is 0 Å². The Morgan fingerprint density at radius 2 is 1.81 bits per heavy atom. The first-order valence-corrected chi connectivity index (χ1v) is 5.78. The second-order valence-electron chi connectivity index (χ2n) is 5.23. The van der Waals surface area contributed by atoms with Gasteiger partial charge in [-0.3, -0.25) is 5.32 Å². The number of benzene rings is 1. The Balaban J connectivity index is 0.00000256. The van der Waals surface area contributed by atoms with Crippen LogP contribution in [-0.2, 0) is 10.2 Å². The van der Waals surface area contributed by atoms with Gasteiger partial charge in [-0.1, -0.05) is 45.0 Å². The molecule has 1 aromatic carbocycles. The predicted molar refractivity (Wildman–Crippen MR) is 70.7 cm³/mol. The lowest BCUT2D eigenvalue weighted by molar-refractivity contribution is 0.165. The van der Waals surface area contributed by atoms with Crippen LogP contribution >= 0.6 is 0 Å². The molecule has 0 fully saturated rings. The largest absolute Gasteiger partial charge is 0.370 e. The van der Waals surface area contributed by atoms with Crippen molar-refractivity contribution in [2.75, 3.05) is 13.8 Å². The molecule has 0 bridgehead atoms. The summed E-state index contributed by atoms with van der Waals surface area (Å²) in [6, 6.07) is 9.12. The van der Waals surface area contributed by atoms with Gasteiger partial charge in [0.2, 0.25) is 0 Å². The molecular formula is C14H25NO. The highest BCUT2D eigenvalue weighted by molar-refractivity contribution is 5.28. The first-order valence-electron chi connectivity index (χ1n) is 5.78. The number of ether oxygens (including phenoxy) is 1. The van der Waals surface area contributed by atoms with Crippen LogP contribution < -0.4 is 5.32 Å². The van der Waals surface area contributed by atoms with E-state index in [-0.39, 0.29) is 6.84 Å². The normalized spacial score (nSPS) is 13.8. The third-order valence-corrected chi connectivity index (χ3v) is 2.81. The van der Waals surface area contributed by atoms with Gasteiger partial charge < -0.3 is 4.74 Å². The molecule has 92 valence electrons. The summed E-state index contributed by atoms with van der Waals surface area (Å²) in [5.41, 5.74) is 2.89. The van der Waals surface area contributed by atoms with E-state index in [0.717, 1.165) is 0 Å². The molecule has 0 aliphatic heterocycles. The lowest BCUT2D eigenvalue weighted by Gasteiger charge is -2.20. The van der Waals surface area contributed by atoms with Gasteiger partial charge in [0.15, 0.2) is 0 Å². The predicted octanol–water partition coefficient (Wildman–Crippen LogP) is 3.48. The van der Waals surface area contributed by atoms with E-state index in [4.69, 9.17) is 4.74 Å². The Hall–Kier alpha value is -0.860. The molecule has 16 heavy (non-hydrogen) atoms. The zero-order chi connectivity index (χ0) is 12.2. The van der Waals surface area contributed by atoms with E-state index in [0.29, 0.717) is 12.8 Å². The van der Waals surface area contributed by atoms with Crippen LogP contribution in [0.1, 0.15) is 46.3 Å². The lowest BCUT2D eigenvalue weighted by atomic mass is 9.86. The first-order chi connectivity index (χ1) is 7.45. The fourth-order valence-electron chi connectivity index (χ4n) is 1.60. The summed E-state index contributed by atoms with van der Waals surface area (Å²) in [6.45, 7) is 9.42. The highest BCUT2D eigenvalue weighted by Gasteiger charge is 2.13. The quantitative estimate of drug-likeness (QED) is 0.789. The Morgan fingerprint density at radius 1 is 1.25 bits per heavy atom. The first kappa shape index (κ1) is 13.2. The van der Waals surface area contributed by atoms with Crippen molar-refractivity contribution in [3.63, 3.8) is 0 Å². The van der Waals surface area contributed by atoms with E-state index in [2.05, 4.69) is 57.3 Å². The maximum Gasteiger partial charge on any atom is 0.0966 e. The Bertz CT molecular complexity index is 316. The smallest absolute Gasteiger partial charge is 0.0966 e. The van der Waals surface area contributed by atoms with Crippen molar-refractivity contribution in [3.8, 4) is 0 Å². The molecule has 1 rings (SSSR count). The molecule has 1 aromatic rings. The summed E-state index contributed by atoms with van der Waals surface area (Å²) in [5.74, 6) is 0. The van der Waals surface area contributed by atoms with E-state index in [1.807, 2.05) is 0 Å². The van der Waals surface area contributed by atoms with Gasteiger partial charge in [0.05, 0.1) is 6.73 Å². The SMILES string of the molecule is COCN[C@@H](C)c1ccc(C(C)(C)C)cc1.[HH]. The maximum atomic E-state index is 5.00. The molecule has 1 N–H and O–H groups in total. The van der Waals surface area contributed by atoms with Crippen LogP contribution in [0.2, 0.25) is 0 Å². The fraction of sp³-hybridized carbons (Fsp3) is 0.571. The average Bonchev–Trinajstić information content (AvgIpc) is 2.25. The van der Waals surface area contributed by atoms with Crippen LogP contribution in [0.4, 0.5) is 0 Å². The third kappa shape index (κ3) is 3.62. The number of nitrogens with one attached hydrogen (secondary N) is 1. The second kappa shape index (κ2) is 5.46. The van der Waals surface area contributed by atoms with Gasteiger partial charge in [-0.2, -0.15) is 0 Å². The molecule has 0 amide bonds. The van der Waals surface area contributed by atoms with Crippen molar-refractivity contribution in [1.29, 1.82) is 0 Å². The zero-order valence-electron chi connectivity index (χ0n) is 11.0. The minimum Gasteiger partial charge on any atom is -0.370 e. The molecular weight excluding hydrogens is 198 g/mol. The number of hydrogen-bond acceptors (Lipinski definition) is 2. The molecule has 0 saturated carbocycles. The van der Waals surface area contributed by atoms with Crippen LogP contribution in [0.15, 0.2) is 24.3 Å². The fourth-order valence-corrected chi connectivity index (χ4v) is 1.60. The average molecular weight is 223 g/mol. The molecule has 0 aromatic heterocycles. The van der Waals surface area contributed by atoms with E-state index in [1.54, 1.807) is 7.11 Å². The summed E-state index contributed by atoms with van der Waals surface area (Å²) in [6.07, 6.45) is 0. The summed E-state index contributed by atoms with van der Waals surface area (Å²) in [7, 11) is 1.70. The van der Waals surface area contributed by atoms with Crippen molar-refractivity contribution >= 4 is 0 Å². The summed E-state index contributed by atoms with van der Waals surface area (Å²) in [5, 5.41) is 3.28. The molecule has 0 aliphatic rings. The zero-order valence-corrected chi connectivity index (χ0v) is 11.0. The van der Waals surface area contributed by atoms with Crippen molar-refractivity contribution < 1.29 is 6.16 Å². The Morgan fingerprint density at radius 3 is 2.25 bits per heavy atom. The highest BCUT2D eigenvalue weighted by atomic mass is 16.5. The van der Waals surface area contributed by atoms with Gasteiger partial charge in [-0.05, 0) is 23.5 Å². The molecule has 0 heterocycles. The minimum atomic E-state index is 0. The molecule has 2 heteroatoms. The highest BCUT2D eigenvalue weighted by Crippen LogP contribution is 2.23. The Labute approximate surface area is 100 Å². The van der Waals surface area contributed by atoms with Crippen molar-refractivity contribution in [1.82, 2.24) is 5.32 Å². The topological polar surface area (TPSA) is 21.3 Å². The van der Waals surface area contributed by atoms with Crippen LogP contribution in [0.3, 0.4) is 0 Å². The van der Waals surface area contributed by atoms with Gasteiger partial charge in [0, 0.05) is 14.6 Å². The molecule has 0 unspecified atom stereocenters. The molecule has 0 aliphatic carbocycles. The standard InChI is InChI=1S/C14H23NO.H2/c1-11(15-10-16-5)12-6-8-13(9-7-12)14(2,3)4;/h6-9,11,15H,10H2,1-5H3;1H/t11-;/m0./s1. The Kier molecular flexibility index (Phi) is 4.51. The van der Waals surface area contributed by atoms with Crippen LogP contribution in [-0.4, -0.2) is 13.8 Å². The maximum absolute atomic E-state index is 5.00. The van der Waals surface area contributed by atoms with Crippen LogP contribution in [0.25, 0.3) is 0 Å². The summed E-state index contributed by atoms with van der Waals surface area (Å²) < 4.78 is 5.00. The van der Waals surface area contributed by atoms with Crippen molar-refractivity contribution in [3.05, 3.63) is 35.4 Å². The minimum absolute atomic E-state index is 0. The summed E-state index contributed by atoms with van der Waals surface area (Å²) >= 11 is 0. The second-order valence-corrected chi connectivity index (χ2v) is 5.23. The molecule has 0 radical (unpaired) electrons. The molecule has 2 nitrogen and oxygen atoms in total. The van der Waals surface area contributed by atoms with E-state index < -0.39 is 0 Å². The van der Waals surface area contributed by atoms with Crippen molar-refractivity contribution in [2.24, 2.45) is 0 Å². The lowest BCUT2D eigenvalue weighted by Crippen LogP contribution is -2.21. The van der Waals surface area contributed by atoms with Crippen LogP contribution in [0, 0.1) is 0 Å². The molecule has 0 saturated heterocycles. The van der Waals surface area contributed by atoms with Crippen LogP contribution in [0.5, 0.6) is 0 Å². The molecule has 0 spiro atoms. The van der Waals surface area contributed by atoms with Gasteiger partial charge >= 0.3 is 0 Å². The monoisotopic (exact) mass is 223 g/mol. The molecule has 1 atom stereocenters. The van der Waals surface area contributed by atoms with E-state index >= 15 is 0 Å². The number of rotatable bonds is 4.